The van der Waals surface area contributed by atoms with Gasteiger partial charge in [0.25, 0.3) is 5.91 Å². The van der Waals surface area contributed by atoms with Gasteiger partial charge in [0.1, 0.15) is 5.75 Å². The van der Waals surface area contributed by atoms with E-state index >= 15 is 0 Å². The van der Waals surface area contributed by atoms with Gasteiger partial charge < -0.3 is 15.2 Å². The van der Waals surface area contributed by atoms with Gasteiger partial charge in [-0.2, -0.15) is 0 Å². The molecule has 0 aliphatic carbocycles. The van der Waals surface area contributed by atoms with E-state index in [1.807, 2.05) is 0 Å². The number of carbonyl (C=O) groups is 2. The number of esters is 1. The molecule has 1 heterocycles. The number of nitrogens with one attached hydrogen (secondary N) is 1. The molecule has 0 saturated heterocycles. The van der Waals surface area contributed by atoms with Crippen LogP contribution in [0.25, 0.3) is 6.08 Å². The first kappa shape index (κ1) is 12.9. The summed E-state index contributed by atoms with van der Waals surface area (Å²) in [4.78, 5) is 23.5. The first-order valence-corrected chi connectivity index (χ1v) is 5.64. The van der Waals surface area contributed by atoms with Crippen LogP contribution in [0.15, 0.2) is 41.1 Å². The second kappa shape index (κ2) is 4.97. The number of allylic oxidation sites excluding steroid dienone is 1. The van der Waals surface area contributed by atoms with Crippen LogP contribution < -0.4 is 5.32 Å². The van der Waals surface area contributed by atoms with Crippen LogP contribution in [0.4, 0.5) is 0 Å². The molecule has 0 unspecified atom stereocenters. The van der Waals surface area contributed by atoms with Crippen molar-refractivity contribution < 1.29 is 19.4 Å². The van der Waals surface area contributed by atoms with E-state index in [1.165, 1.54) is 19.2 Å². The Hall–Kier alpha value is -2.56. The first-order valence-electron chi connectivity index (χ1n) is 5.64. The van der Waals surface area contributed by atoms with E-state index in [9.17, 15) is 14.7 Å². The van der Waals surface area contributed by atoms with Crippen molar-refractivity contribution in [2.24, 2.45) is 0 Å². The Kier molecular flexibility index (Phi) is 3.37. The fraction of sp³-hybridized carbons (Fsp3) is 0.143. The van der Waals surface area contributed by atoms with Crippen molar-refractivity contribution >= 4 is 18.0 Å². The lowest BCUT2D eigenvalue weighted by molar-refractivity contribution is -0.136. The highest BCUT2D eigenvalue weighted by Gasteiger charge is 2.30. The summed E-state index contributed by atoms with van der Waals surface area (Å²) in [5.74, 6) is -0.759. The van der Waals surface area contributed by atoms with E-state index in [-0.39, 0.29) is 22.8 Å². The molecule has 0 radical (unpaired) electrons. The summed E-state index contributed by atoms with van der Waals surface area (Å²) in [6.45, 7) is 1.64. The standard InChI is InChI=1S/C14H13NO4/c1-8-12(14(18)19-2)11(13(17)15-8)7-9-3-5-10(16)6-4-9/h3-7,16H,1-2H3,(H,15,17)/b11-7-. The molecule has 1 aliphatic heterocycles. The van der Waals surface area contributed by atoms with E-state index in [0.29, 0.717) is 11.3 Å². The van der Waals surface area contributed by atoms with E-state index < -0.39 is 5.97 Å². The lowest BCUT2D eigenvalue weighted by atomic mass is 10.0. The third-order valence-electron chi connectivity index (χ3n) is 2.78. The summed E-state index contributed by atoms with van der Waals surface area (Å²) in [5.41, 5.74) is 1.68. The molecule has 5 nitrogen and oxygen atoms in total. The minimum absolute atomic E-state index is 0.137. The monoisotopic (exact) mass is 259 g/mol. The number of methoxy groups -OCH3 is 1. The number of phenols is 1. The number of benzene rings is 1. The zero-order valence-electron chi connectivity index (χ0n) is 10.6. The summed E-state index contributed by atoms with van der Waals surface area (Å²) in [7, 11) is 1.27. The Morgan fingerprint density at radius 1 is 1.32 bits per heavy atom. The number of amides is 1. The number of rotatable bonds is 2. The molecule has 1 aliphatic rings. The van der Waals surface area contributed by atoms with Gasteiger partial charge in [0.15, 0.2) is 0 Å². The molecule has 1 aromatic rings. The molecule has 0 bridgehead atoms. The number of hydrogen-bond donors (Lipinski definition) is 2. The molecule has 0 saturated carbocycles. The van der Waals surface area contributed by atoms with Gasteiger partial charge in [-0.1, -0.05) is 12.1 Å². The maximum Gasteiger partial charge on any atom is 0.340 e. The van der Waals surface area contributed by atoms with E-state index in [0.717, 1.165) is 0 Å². The third kappa shape index (κ3) is 2.49. The molecule has 1 aromatic carbocycles. The van der Waals surface area contributed by atoms with Gasteiger partial charge in [0.2, 0.25) is 0 Å². The molecule has 2 rings (SSSR count). The summed E-state index contributed by atoms with van der Waals surface area (Å²) in [5, 5.41) is 11.8. The fourth-order valence-corrected chi connectivity index (χ4v) is 1.86. The number of ether oxygens (including phenoxy) is 1. The fourth-order valence-electron chi connectivity index (χ4n) is 1.86. The van der Waals surface area contributed by atoms with Gasteiger partial charge in [-0.25, -0.2) is 4.79 Å². The Labute approximate surface area is 110 Å². The van der Waals surface area contributed by atoms with Crippen LogP contribution in [0.1, 0.15) is 12.5 Å². The maximum absolute atomic E-state index is 11.8. The molecule has 0 spiro atoms. The minimum Gasteiger partial charge on any atom is -0.508 e. The Morgan fingerprint density at radius 2 is 1.95 bits per heavy atom. The van der Waals surface area contributed by atoms with Gasteiger partial charge in [-0.3, -0.25) is 4.79 Å². The lowest BCUT2D eigenvalue weighted by Crippen LogP contribution is -2.15. The van der Waals surface area contributed by atoms with E-state index in [1.54, 1.807) is 25.1 Å². The summed E-state index contributed by atoms with van der Waals surface area (Å²) >= 11 is 0. The van der Waals surface area contributed by atoms with Crippen LogP contribution in [0.3, 0.4) is 0 Å². The molecule has 2 N–H and O–H groups in total. The SMILES string of the molecule is COC(=O)C1=C(C)NC(=O)/C1=C\c1ccc(O)cc1. The van der Waals surface area contributed by atoms with Crippen molar-refractivity contribution in [1.82, 2.24) is 5.32 Å². The average molecular weight is 259 g/mol. The smallest absolute Gasteiger partial charge is 0.340 e. The normalized spacial score (nSPS) is 16.7. The molecule has 0 aromatic heterocycles. The number of phenolic OH excluding ortho intramolecular Hbond substituents is 1. The molecular formula is C14H13NO4. The summed E-state index contributed by atoms with van der Waals surface area (Å²) in [6.07, 6.45) is 1.58. The minimum atomic E-state index is -0.555. The van der Waals surface area contributed by atoms with Crippen molar-refractivity contribution in [3.63, 3.8) is 0 Å². The zero-order chi connectivity index (χ0) is 14.0. The Bertz CT molecular complexity index is 596. The predicted molar refractivity (Wildman–Crippen MR) is 68.9 cm³/mol. The van der Waals surface area contributed by atoms with Crippen molar-refractivity contribution in [2.75, 3.05) is 7.11 Å². The van der Waals surface area contributed by atoms with Crippen molar-refractivity contribution in [3.8, 4) is 5.75 Å². The second-order valence-electron chi connectivity index (χ2n) is 4.10. The highest BCUT2D eigenvalue weighted by Crippen LogP contribution is 2.25. The van der Waals surface area contributed by atoms with Crippen LogP contribution in [-0.2, 0) is 14.3 Å². The molecular weight excluding hydrogens is 246 g/mol. The van der Waals surface area contributed by atoms with Crippen LogP contribution >= 0.6 is 0 Å². The second-order valence-corrected chi connectivity index (χ2v) is 4.10. The van der Waals surface area contributed by atoms with Crippen LogP contribution in [0.5, 0.6) is 5.75 Å². The maximum atomic E-state index is 11.8. The topological polar surface area (TPSA) is 75.6 Å². The summed E-state index contributed by atoms with van der Waals surface area (Å²) < 4.78 is 4.67. The Balaban J connectivity index is 2.44. The quantitative estimate of drug-likeness (QED) is 0.621. The van der Waals surface area contributed by atoms with Crippen LogP contribution in [0.2, 0.25) is 0 Å². The van der Waals surface area contributed by atoms with E-state index in [2.05, 4.69) is 10.1 Å². The molecule has 19 heavy (non-hydrogen) atoms. The largest absolute Gasteiger partial charge is 0.508 e. The van der Waals surface area contributed by atoms with Crippen LogP contribution in [-0.4, -0.2) is 24.1 Å². The number of hydrogen-bond acceptors (Lipinski definition) is 4. The van der Waals surface area contributed by atoms with E-state index in [4.69, 9.17) is 0 Å². The highest BCUT2D eigenvalue weighted by molar-refractivity contribution is 6.16. The average Bonchev–Trinajstić information content (AvgIpc) is 2.66. The highest BCUT2D eigenvalue weighted by atomic mass is 16.5. The van der Waals surface area contributed by atoms with Crippen molar-refractivity contribution in [3.05, 3.63) is 46.7 Å². The third-order valence-corrected chi connectivity index (χ3v) is 2.78. The molecule has 1 amide bonds. The van der Waals surface area contributed by atoms with Gasteiger partial charge in [0.05, 0.1) is 18.3 Å². The van der Waals surface area contributed by atoms with Crippen LogP contribution in [0, 0.1) is 0 Å². The zero-order valence-corrected chi connectivity index (χ0v) is 10.6. The molecule has 0 atom stereocenters. The van der Waals surface area contributed by atoms with Crippen molar-refractivity contribution in [2.45, 2.75) is 6.92 Å². The van der Waals surface area contributed by atoms with Crippen molar-refractivity contribution in [1.29, 1.82) is 0 Å². The molecule has 5 heteroatoms. The van der Waals surface area contributed by atoms with Gasteiger partial charge in [-0.15, -0.1) is 0 Å². The Morgan fingerprint density at radius 3 is 2.53 bits per heavy atom. The molecule has 98 valence electrons. The van der Waals surface area contributed by atoms with Gasteiger partial charge in [0, 0.05) is 5.70 Å². The van der Waals surface area contributed by atoms with Gasteiger partial charge >= 0.3 is 5.97 Å². The summed E-state index contributed by atoms with van der Waals surface area (Å²) in [6, 6.07) is 6.32. The predicted octanol–water partition coefficient (Wildman–Crippen LogP) is 1.35. The lowest BCUT2D eigenvalue weighted by Gasteiger charge is -2.02. The number of carbonyl (C=O) groups excluding carboxylic acids is 2. The first-order chi connectivity index (χ1) is 9.02. The van der Waals surface area contributed by atoms with Gasteiger partial charge in [-0.05, 0) is 30.7 Å². The molecule has 0 fully saturated rings. The number of aromatic hydroxyl groups is 1.